The Balaban J connectivity index is 1.75. The van der Waals surface area contributed by atoms with E-state index in [-0.39, 0.29) is 24.1 Å². The molecule has 4 atom stereocenters. The average Bonchev–Trinajstić information content (AvgIpc) is 3.34. The second kappa shape index (κ2) is 9.75. The Morgan fingerprint density at radius 3 is 2.53 bits per heavy atom. The molecule has 1 amide bonds. The summed E-state index contributed by atoms with van der Waals surface area (Å²) in [5, 5.41) is 26.9. The largest absolute Gasteiger partial charge is 0.405 e. The van der Waals surface area contributed by atoms with Gasteiger partial charge >= 0.3 is 6.18 Å². The van der Waals surface area contributed by atoms with E-state index < -0.39 is 36.9 Å². The monoisotopic (exact) mass is 525 g/mol. The second-order valence-electron chi connectivity index (χ2n) is 8.89. The van der Waals surface area contributed by atoms with Gasteiger partial charge in [-0.05, 0) is 26.3 Å². The van der Waals surface area contributed by atoms with Crippen molar-refractivity contribution in [1.82, 2.24) is 24.8 Å². The first kappa shape index (κ1) is 26.0. The zero-order chi connectivity index (χ0) is 26.4. The van der Waals surface area contributed by atoms with E-state index in [1.807, 2.05) is 6.92 Å². The number of carbonyl (C=O) groups is 1. The summed E-state index contributed by atoms with van der Waals surface area (Å²) >= 11 is 1.34. The van der Waals surface area contributed by atoms with Crippen LogP contribution in [0.3, 0.4) is 0 Å². The van der Waals surface area contributed by atoms with E-state index in [4.69, 9.17) is 0 Å². The van der Waals surface area contributed by atoms with Crippen LogP contribution in [0.1, 0.15) is 17.8 Å². The number of thiazole rings is 1. The standard InChI is InChI=1S/C22H26F3N7O3S/c1-9-14(19-30-15-10(2)26-6-5-13(15)36-19)18(31-21(28-9)27-8-22(23,24)25)29-12-7-11(16(33)17(12)34)20(35)32(3)4/h5-6,11-12,16-17,33-34H,7-8H2,1-4H3,(H2,27,28,29,31). The number of amides is 1. The molecule has 1 fully saturated rings. The summed E-state index contributed by atoms with van der Waals surface area (Å²) in [7, 11) is 3.10. The third kappa shape index (κ3) is 5.20. The maximum absolute atomic E-state index is 12.8. The van der Waals surface area contributed by atoms with Crippen molar-refractivity contribution in [2.75, 3.05) is 31.3 Å². The minimum Gasteiger partial charge on any atom is -0.390 e. The average molecular weight is 526 g/mol. The zero-order valence-corrected chi connectivity index (χ0v) is 20.8. The van der Waals surface area contributed by atoms with E-state index in [9.17, 15) is 28.2 Å². The lowest BCUT2D eigenvalue weighted by molar-refractivity contribution is -0.137. The van der Waals surface area contributed by atoms with Gasteiger partial charge in [0.2, 0.25) is 11.9 Å². The number of fused-ring (bicyclic) bond motifs is 1. The van der Waals surface area contributed by atoms with Gasteiger partial charge in [0.15, 0.2) is 0 Å². The number of halogens is 3. The normalized spacial score (nSPS) is 22.1. The van der Waals surface area contributed by atoms with E-state index in [1.54, 1.807) is 33.3 Å². The van der Waals surface area contributed by atoms with Gasteiger partial charge in [0.25, 0.3) is 0 Å². The first-order chi connectivity index (χ1) is 16.9. The van der Waals surface area contributed by atoms with Crippen LogP contribution in [0, 0.1) is 19.8 Å². The van der Waals surface area contributed by atoms with Gasteiger partial charge in [-0.15, -0.1) is 11.3 Å². The van der Waals surface area contributed by atoms with Crippen molar-refractivity contribution in [3.8, 4) is 10.6 Å². The number of anilines is 2. The molecule has 194 valence electrons. The minimum atomic E-state index is -4.48. The van der Waals surface area contributed by atoms with Gasteiger partial charge in [0.05, 0.1) is 39.7 Å². The summed E-state index contributed by atoms with van der Waals surface area (Å²) in [6.45, 7) is 2.11. The maximum atomic E-state index is 12.8. The molecule has 0 saturated heterocycles. The Labute approximate surface area is 208 Å². The molecule has 0 aromatic carbocycles. The number of pyridine rings is 1. The van der Waals surface area contributed by atoms with Crippen molar-refractivity contribution >= 4 is 39.2 Å². The first-order valence-corrected chi connectivity index (χ1v) is 11.9. The van der Waals surface area contributed by atoms with Gasteiger partial charge < -0.3 is 25.7 Å². The molecule has 4 N–H and O–H groups in total. The number of aliphatic hydroxyl groups is 2. The molecule has 1 saturated carbocycles. The lowest BCUT2D eigenvalue weighted by Gasteiger charge is -2.21. The lowest BCUT2D eigenvalue weighted by Crippen LogP contribution is -2.38. The maximum Gasteiger partial charge on any atom is 0.405 e. The van der Waals surface area contributed by atoms with E-state index in [2.05, 4.69) is 30.6 Å². The summed E-state index contributed by atoms with van der Waals surface area (Å²) < 4.78 is 39.3. The molecule has 4 rings (SSSR count). The number of nitrogens with one attached hydrogen (secondary N) is 2. The molecule has 4 unspecified atom stereocenters. The predicted octanol–water partition coefficient (Wildman–Crippen LogP) is 2.35. The molecule has 14 heteroatoms. The Hall–Kier alpha value is -3.10. The fourth-order valence-electron chi connectivity index (χ4n) is 4.21. The van der Waals surface area contributed by atoms with E-state index in [1.165, 1.54) is 16.2 Å². The summed E-state index contributed by atoms with van der Waals surface area (Å²) in [5.74, 6) is -1.32. The molecule has 3 heterocycles. The predicted molar refractivity (Wildman–Crippen MR) is 129 cm³/mol. The van der Waals surface area contributed by atoms with Crippen LogP contribution in [0.15, 0.2) is 12.3 Å². The molecule has 0 radical (unpaired) electrons. The van der Waals surface area contributed by atoms with Crippen LogP contribution in [0.2, 0.25) is 0 Å². The Bertz CT molecular complexity index is 1280. The fraction of sp³-hybridized carbons (Fsp3) is 0.500. The molecule has 0 aliphatic heterocycles. The highest BCUT2D eigenvalue weighted by atomic mass is 32.1. The van der Waals surface area contributed by atoms with Crippen LogP contribution in [0.25, 0.3) is 20.8 Å². The van der Waals surface area contributed by atoms with Crippen molar-refractivity contribution < 1.29 is 28.2 Å². The number of hydrogen-bond acceptors (Lipinski definition) is 10. The number of hydrogen-bond donors (Lipinski definition) is 4. The Kier molecular flexibility index (Phi) is 7.03. The van der Waals surface area contributed by atoms with Gasteiger partial charge in [-0.25, -0.2) is 9.97 Å². The third-order valence-electron chi connectivity index (χ3n) is 6.00. The smallest absolute Gasteiger partial charge is 0.390 e. The van der Waals surface area contributed by atoms with Crippen molar-refractivity contribution in [2.24, 2.45) is 5.92 Å². The van der Waals surface area contributed by atoms with Crippen molar-refractivity contribution in [3.05, 3.63) is 23.7 Å². The van der Waals surface area contributed by atoms with Crippen molar-refractivity contribution in [1.29, 1.82) is 0 Å². The van der Waals surface area contributed by atoms with Crippen LogP contribution in [0.4, 0.5) is 24.9 Å². The highest BCUT2D eigenvalue weighted by Crippen LogP contribution is 2.38. The van der Waals surface area contributed by atoms with Crippen LogP contribution in [-0.2, 0) is 4.79 Å². The van der Waals surface area contributed by atoms with E-state index >= 15 is 0 Å². The number of nitrogens with zero attached hydrogens (tertiary/aromatic N) is 5. The molecule has 1 aliphatic carbocycles. The third-order valence-corrected chi connectivity index (χ3v) is 7.04. The van der Waals surface area contributed by atoms with Crippen LogP contribution in [0.5, 0.6) is 0 Å². The van der Waals surface area contributed by atoms with E-state index in [0.717, 1.165) is 4.70 Å². The van der Waals surface area contributed by atoms with Crippen molar-refractivity contribution in [2.45, 2.75) is 44.7 Å². The molecular formula is C22H26F3N7O3S. The molecule has 3 aromatic rings. The number of aromatic nitrogens is 4. The van der Waals surface area contributed by atoms with Gasteiger partial charge in [-0.1, -0.05) is 0 Å². The van der Waals surface area contributed by atoms with Gasteiger partial charge in [0, 0.05) is 20.3 Å². The first-order valence-electron chi connectivity index (χ1n) is 11.1. The minimum absolute atomic E-state index is 0.0933. The number of aliphatic hydroxyl groups excluding tert-OH is 2. The zero-order valence-electron chi connectivity index (χ0n) is 20.0. The lowest BCUT2D eigenvalue weighted by atomic mass is 10.0. The van der Waals surface area contributed by atoms with Gasteiger partial charge in [0.1, 0.15) is 29.0 Å². The Morgan fingerprint density at radius 2 is 1.89 bits per heavy atom. The molecule has 10 nitrogen and oxygen atoms in total. The van der Waals surface area contributed by atoms with Gasteiger partial charge in [-0.3, -0.25) is 9.78 Å². The molecule has 3 aromatic heterocycles. The molecule has 0 spiro atoms. The van der Waals surface area contributed by atoms with Gasteiger partial charge in [-0.2, -0.15) is 18.2 Å². The van der Waals surface area contributed by atoms with Crippen molar-refractivity contribution in [3.63, 3.8) is 0 Å². The summed E-state index contributed by atoms with van der Waals surface area (Å²) in [6.07, 6.45) is -5.36. The highest BCUT2D eigenvalue weighted by Gasteiger charge is 2.46. The van der Waals surface area contributed by atoms with Crippen LogP contribution >= 0.6 is 11.3 Å². The quantitative estimate of drug-likeness (QED) is 0.382. The SMILES string of the molecule is Cc1nc(NCC(F)(F)F)nc(NC2CC(C(=O)N(C)C)C(O)C2O)c1-c1nc2c(C)nccc2s1. The number of aryl methyl sites for hydroxylation is 2. The summed E-state index contributed by atoms with van der Waals surface area (Å²) in [4.78, 5) is 31.2. The number of carbonyl (C=O) groups excluding carboxylic acids is 1. The molecule has 36 heavy (non-hydrogen) atoms. The van der Waals surface area contributed by atoms with E-state index in [0.29, 0.717) is 27.5 Å². The topological polar surface area (TPSA) is 136 Å². The summed E-state index contributed by atoms with van der Waals surface area (Å²) in [5.41, 5.74) is 2.19. The molecular weight excluding hydrogens is 499 g/mol. The molecule has 1 aliphatic rings. The number of alkyl halides is 3. The fourth-order valence-corrected chi connectivity index (χ4v) is 5.32. The van der Waals surface area contributed by atoms with Crippen LogP contribution in [-0.4, -0.2) is 86.0 Å². The number of rotatable bonds is 6. The second-order valence-corrected chi connectivity index (χ2v) is 9.92. The highest BCUT2D eigenvalue weighted by molar-refractivity contribution is 7.21. The molecule has 0 bridgehead atoms. The Morgan fingerprint density at radius 1 is 1.17 bits per heavy atom. The summed E-state index contributed by atoms with van der Waals surface area (Å²) in [6, 6.07) is 1.01. The van der Waals surface area contributed by atoms with Crippen LogP contribution < -0.4 is 10.6 Å².